The maximum Gasteiger partial charge on any atom is 0.138 e. The van der Waals surface area contributed by atoms with Gasteiger partial charge in [0.1, 0.15) is 11.6 Å². The summed E-state index contributed by atoms with van der Waals surface area (Å²) in [6, 6.07) is 0. The molecule has 180 valence electrons. The van der Waals surface area contributed by atoms with Gasteiger partial charge in [-0.2, -0.15) is 0 Å². The van der Waals surface area contributed by atoms with Crippen molar-refractivity contribution in [3.63, 3.8) is 0 Å². The van der Waals surface area contributed by atoms with Crippen molar-refractivity contribution in [3.05, 3.63) is 0 Å². The van der Waals surface area contributed by atoms with E-state index >= 15 is 0 Å². The second-order valence-corrected chi connectivity index (χ2v) is 14.4. The van der Waals surface area contributed by atoms with E-state index in [4.69, 9.17) is 0 Å². The van der Waals surface area contributed by atoms with E-state index in [1.165, 1.54) is 51.4 Å². The Bertz CT molecular complexity index is 825. The molecule has 0 aromatic rings. The summed E-state index contributed by atoms with van der Waals surface area (Å²) >= 11 is 0. The van der Waals surface area contributed by atoms with Crippen LogP contribution in [0.5, 0.6) is 0 Å². The average molecular weight is 441 g/mol. The van der Waals surface area contributed by atoms with Gasteiger partial charge in [0.05, 0.1) is 0 Å². The van der Waals surface area contributed by atoms with Gasteiger partial charge in [0, 0.05) is 24.2 Å². The van der Waals surface area contributed by atoms with Crippen molar-refractivity contribution >= 4 is 11.6 Å². The first-order valence-corrected chi connectivity index (χ1v) is 13.9. The first-order chi connectivity index (χ1) is 14.9. The van der Waals surface area contributed by atoms with Crippen molar-refractivity contribution < 1.29 is 9.59 Å². The molecule has 5 aliphatic rings. The second kappa shape index (κ2) is 6.94. The highest BCUT2D eigenvalue weighted by molar-refractivity contribution is 5.86. The number of rotatable bonds is 5. The van der Waals surface area contributed by atoms with Crippen molar-refractivity contribution in [1.82, 2.24) is 0 Å². The monoisotopic (exact) mass is 440 g/mol. The van der Waals surface area contributed by atoms with Crippen LogP contribution in [0.2, 0.25) is 0 Å². The van der Waals surface area contributed by atoms with Crippen LogP contribution in [0.15, 0.2) is 0 Å². The Balaban J connectivity index is 1.39. The normalized spacial score (nSPS) is 49.6. The van der Waals surface area contributed by atoms with Crippen LogP contribution < -0.4 is 0 Å². The Morgan fingerprint density at radius 1 is 0.875 bits per heavy atom. The van der Waals surface area contributed by atoms with E-state index in [0.717, 1.165) is 31.1 Å². The van der Waals surface area contributed by atoms with Crippen LogP contribution in [-0.4, -0.2) is 11.6 Å². The lowest BCUT2D eigenvalue weighted by Crippen LogP contribution is -2.57. The molecule has 0 amide bonds. The molecule has 5 rings (SSSR count). The van der Waals surface area contributed by atoms with E-state index in [9.17, 15) is 9.59 Å². The van der Waals surface area contributed by atoms with Crippen LogP contribution >= 0.6 is 0 Å². The maximum atomic E-state index is 12.8. The Hall–Kier alpha value is -0.660. The molecule has 5 fully saturated rings. The topological polar surface area (TPSA) is 34.1 Å². The summed E-state index contributed by atoms with van der Waals surface area (Å²) in [5.74, 6) is 4.04. The molecule has 4 unspecified atom stereocenters. The fourth-order valence-corrected chi connectivity index (χ4v) is 11.0. The highest BCUT2D eigenvalue weighted by Crippen LogP contribution is 2.88. The van der Waals surface area contributed by atoms with E-state index in [1.54, 1.807) is 0 Å². The Morgan fingerprint density at radius 3 is 2.22 bits per heavy atom. The molecule has 8 atom stereocenters. The predicted octanol–water partition coefficient (Wildman–Crippen LogP) is 7.64. The summed E-state index contributed by atoms with van der Waals surface area (Å²) in [7, 11) is 0. The minimum atomic E-state index is -0.107. The molecule has 0 radical (unpaired) electrons. The molecule has 0 aromatic carbocycles. The van der Waals surface area contributed by atoms with E-state index < -0.39 is 0 Å². The van der Waals surface area contributed by atoms with Crippen LogP contribution in [0, 0.1) is 56.7 Å². The third-order valence-corrected chi connectivity index (χ3v) is 13.1. The molecule has 0 saturated heterocycles. The first kappa shape index (κ1) is 23.1. The van der Waals surface area contributed by atoms with Crippen LogP contribution in [-0.2, 0) is 9.59 Å². The zero-order chi connectivity index (χ0) is 23.3. The SMILES string of the molecule is CC(C)C(=O)CC[C@@H](C)[C@H]1CC[C@@]2(C)C3CCC4C(C)(C)C(=O)CCC45CC35CC[C@]12C. The van der Waals surface area contributed by atoms with Gasteiger partial charge in [0.2, 0.25) is 0 Å². The minimum absolute atomic E-state index is 0.107. The number of fused-ring (bicyclic) bond motifs is 2. The number of hydrogen-bond donors (Lipinski definition) is 0. The predicted molar refractivity (Wildman–Crippen MR) is 130 cm³/mol. The third kappa shape index (κ3) is 2.65. The molecular formula is C30H48O2. The van der Waals surface area contributed by atoms with Crippen LogP contribution in [0.25, 0.3) is 0 Å². The standard InChI is InChI=1S/C30H48O2/c1-19(2)22(31)9-8-20(3)21-12-14-28(7)24-11-10-23-26(4,5)25(32)13-15-29(23)18-30(24,29)17-16-27(21,28)6/h19-21,23-24H,8-18H2,1-7H3/t20-,21-,23?,24?,27-,28+,29?,30?/m1/s1. The molecule has 0 N–H and O–H groups in total. The Labute approximate surface area is 197 Å². The summed E-state index contributed by atoms with van der Waals surface area (Å²) in [6.07, 6.45) is 13.4. The summed E-state index contributed by atoms with van der Waals surface area (Å²) < 4.78 is 0. The van der Waals surface area contributed by atoms with Crippen LogP contribution in [0.1, 0.15) is 119 Å². The second-order valence-electron chi connectivity index (χ2n) is 14.4. The first-order valence-electron chi connectivity index (χ1n) is 13.9. The number of carbonyl (C=O) groups is 2. The van der Waals surface area contributed by atoms with E-state index in [2.05, 4.69) is 34.6 Å². The quantitative estimate of drug-likeness (QED) is 0.440. The average Bonchev–Trinajstić information content (AvgIpc) is 3.31. The molecule has 32 heavy (non-hydrogen) atoms. The van der Waals surface area contributed by atoms with Crippen molar-refractivity contribution in [2.75, 3.05) is 0 Å². The fourth-order valence-electron chi connectivity index (χ4n) is 11.0. The zero-order valence-corrected chi connectivity index (χ0v) is 22.0. The highest BCUT2D eigenvalue weighted by atomic mass is 16.1. The van der Waals surface area contributed by atoms with Gasteiger partial charge in [-0.05, 0) is 103 Å². The van der Waals surface area contributed by atoms with Gasteiger partial charge in [-0.1, -0.05) is 48.5 Å². The summed E-state index contributed by atoms with van der Waals surface area (Å²) in [6.45, 7) is 16.4. The lowest BCUT2D eigenvalue weighted by Gasteiger charge is -2.62. The molecular weight excluding hydrogens is 392 g/mol. The van der Waals surface area contributed by atoms with Crippen molar-refractivity contribution in [3.8, 4) is 0 Å². The summed E-state index contributed by atoms with van der Waals surface area (Å²) in [4.78, 5) is 25.1. The van der Waals surface area contributed by atoms with Crippen molar-refractivity contribution in [2.24, 2.45) is 56.7 Å². The van der Waals surface area contributed by atoms with Gasteiger partial charge in [-0.15, -0.1) is 0 Å². The fraction of sp³-hybridized carbons (Fsp3) is 0.933. The number of hydrogen-bond acceptors (Lipinski definition) is 2. The summed E-state index contributed by atoms with van der Waals surface area (Å²) in [5, 5.41) is 0. The Morgan fingerprint density at radius 2 is 1.53 bits per heavy atom. The molecule has 2 nitrogen and oxygen atoms in total. The molecule has 5 aliphatic carbocycles. The zero-order valence-electron chi connectivity index (χ0n) is 22.0. The molecule has 2 heteroatoms. The molecule has 0 heterocycles. The third-order valence-electron chi connectivity index (χ3n) is 13.1. The van der Waals surface area contributed by atoms with Gasteiger partial charge >= 0.3 is 0 Å². The molecule has 5 saturated carbocycles. The number of ketones is 2. The van der Waals surface area contributed by atoms with E-state index in [1.807, 2.05) is 13.8 Å². The smallest absolute Gasteiger partial charge is 0.138 e. The maximum absolute atomic E-state index is 12.8. The Kier molecular flexibility index (Phi) is 5.01. The van der Waals surface area contributed by atoms with E-state index in [0.29, 0.717) is 45.1 Å². The van der Waals surface area contributed by atoms with Crippen molar-refractivity contribution in [2.45, 2.75) is 119 Å². The molecule has 0 bridgehead atoms. The largest absolute Gasteiger partial charge is 0.299 e. The number of carbonyl (C=O) groups excluding carboxylic acids is 2. The summed E-state index contributed by atoms with van der Waals surface area (Å²) in [5.41, 5.74) is 1.76. The lowest BCUT2D eigenvalue weighted by atomic mass is 9.42. The number of Topliss-reactive ketones (excluding diaryl/α,β-unsaturated/α-hetero) is 2. The molecule has 0 aliphatic heterocycles. The molecule has 0 aromatic heterocycles. The minimum Gasteiger partial charge on any atom is -0.299 e. The molecule has 2 spiro atoms. The van der Waals surface area contributed by atoms with Crippen LogP contribution in [0.3, 0.4) is 0 Å². The van der Waals surface area contributed by atoms with Gasteiger partial charge in [0.25, 0.3) is 0 Å². The van der Waals surface area contributed by atoms with E-state index in [-0.39, 0.29) is 11.3 Å². The lowest BCUT2D eigenvalue weighted by molar-refractivity contribution is -0.157. The van der Waals surface area contributed by atoms with Gasteiger partial charge in [-0.25, -0.2) is 0 Å². The highest BCUT2D eigenvalue weighted by Gasteiger charge is 2.82. The van der Waals surface area contributed by atoms with Gasteiger partial charge < -0.3 is 0 Å². The van der Waals surface area contributed by atoms with Gasteiger partial charge in [-0.3, -0.25) is 9.59 Å². The van der Waals surface area contributed by atoms with Crippen molar-refractivity contribution in [1.29, 1.82) is 0 Å². The van der Waals surface area contributed by atoms with Crippen LogP contribution in [0.4, 0.5) is 0 Å². The van der Waals surface area contributed by atoms with Gasteiger partial charge in [0.15, 0.2) is 0 Å².